The maximum atomic E-state index is 11.1. The average Bonchev–Trinajstić information content (AvgIpc) is 3.19. The Bertz CT molecular complexity index is 1090. The van der Waals surface area contributed by atoms with Gasteiger partial charge in [-0.15, -0.1) is 10.1 Å². The number of hydrogen-bond donors (Lipinski definition) is 0. The van der Waals surface area contributed by atoms with Crippen LogP contribution in [0.25, 0.3) is 0 Å². The van der Waals surface area contributed by atoms with Crippen LogP contribution in [-0.4, -0.2) is 14.6 Å². The summed E-state index contributed by atoms with van der Waals surface area (Å²) in [5.41, 5.74) is 1.41. The van der Waals surface area contributed by atoms with Crippen LogP contribution >= 0.6 is 11.6 Å². The lowest BCUT2D eigenvalue weighted by molar-refractivity contribution is -0.713. The average molecular weight is 406 g/mol. The Labute approximate surface area is 172 Å². The fourth-order valence-electron chi connectivity index (χ4n) is 3.68. The Morgan fingerprint density at radius 2 is 1.45 bits per heavy atom. The van der Waals surface area contributed by atoms with Crippen molar-refractivity contribution in [2.75, 3.05) is 0 Å². The SMILES string of the molecule is O=[N+]([O-])Oc1nccn1C(c1ccccc1)(c1ccccc1)c1ccccc1Cl. The summed E-state index contributed by atoms with van der Waals surface area (Å²) >= 11 is 6.67. The molecule has 0 unspecified atom stereocenters. The van der Waals surface area contributed by atoms with Gasteiger partial charge in [0.15, 0.2) is 0 Å². The highest BCUT2D eigenvalue weighted by molar-refractivity contribution is 6.31. The normalized spacial score (nSPS) is 11.2. The molecule has 6 nitrogen and oxygen atoms in total. The third-order valence-electron chi connectivity index (χ3n) is 4.77. The van der Waals surface area contributed by atoms with Crippen LogP contribution < -0.4 is 4.84 Å². The largest absolute Gasteiger partial charge is 0.302 e. The molecule has 1 aromatic heterocycles. The maximum Gasteiger partial charge on any atom is 0.302 e. The summed E-state index contributed by atoms with van der Waals surface area (Å²) in [6.07, 6.45) is 3.12. The quantitative estimate of drug-likeness (QED) is 0.258. The van der Waals surface area contributed by atoms with Crippen LogP contribution in [0.5, 0.6) is 6.01 Å². The molecule has 1 heterocycles. The second-order valence-corrected chi connectivity index (χ2v) is 6.72. The van der Waals surface area contributed by atoms with E-state index in [1.54, 1.807) is 16.8 Å². The van der Waals surface area contributed by atoms with Gasteiger partial charge in [-0.25, -0.2) is 9.82 Å². The summed E-state index contributed by atoms with van der Waals surface area (Å²) in [4.78, 5) is 20.0. The van der Waals surface area contributed by atoms with Crippen molar-refractivity contribution < 1.29 is 9.92 Å². The minimum absolute atomic E-state index is 0.150. The van der Waals surface area contributed by atoms with Crippen molar-refractivity contribution >= 4 is 11.6 Å². The highest BCUT2D eigenvalue weighted by Crippen LogP contribution is 2.45. The van der Waals surface area contributed by atoms with Gasteiger partial charge in [-0.05, 0) is 17.2 Å². The Balaban J connectivity index is 2.15. The second kappa shape index (κ2) is 7.77. The number of imidazole rings is 1. The van der Waals surface area contributed by atoms with Crippen LogP contribution in [0.2, 0.25) is 5.02 Å². The lowest BCUT2D eigenvalue weighted by Gasteiger charge is -2.38. The molecular formula is C22H16ClN3O3. The smallest absolute Gasteiger partial charge is 0.294 e. The number of rotatable bonds is 6. The molecule has 0 bridgehead atoms. The van der Waals surface area contributed by atoms with Crippen molar-refractivity contribution in [3.05, 3.63) is 129 Å². The van der Waals surface area contributed by atoms with Crippen LogP contribution in [-0.2, 0) is 5.54 Å². The predicted octanol–water partition coefficient (Wildman–Crippen LogP) is 4.95. The molecule has 0 aliphatic heterocycles. The van der Waals surface area contributed by atoms with E-state index in [-0.39, 0.29) is 6.01 Å². The van der Waals surface area contributed by atoms with Gasteiger partial charge in [0.25, 0.3) is 6.01 Å². The lowest BCUT2D eigenvalue weighted by Crippen LogP contribution is -2.38. The van der Waals surface area contributed by atoms with Crippen LogP contribution in [0.1, 0.15) is 16.7 Å². The van der Waals surface area contributed by atoms with E-state index in [4.69, 9.17) is 16.4 Å². The zero-order valence-electron chi connectivity index (χ0n) is 15.2. The molecular weight excluding hydrogens is 390 g/mol. The van der Waals surface area contributed by atoms with Crippen LogP contribution in [0.4, 0.5) is 0 Å². The van der Waals surface area contributed by atoms with Gasteiger partial charge in [-0.3, -0.25) is 4.57 Å². The van der Waals surface area contributed by atoms with Crippen LogP contribution in [0.15, 0.2) is 97.3 Å². The van der Waals surface area contributed by atoms with E-state index in [0.29, 0.717) is 5.02 Å². The van der Waals surface area contributed by atoms with Gasteiger partial charge in [0.1, 0.15) is 5.54 Å². The van der Waals surface area contributed by atoms with Crippen molar-refractivity contribution in [1.29, 1.82) is 0 Å². The molecule has 4 rings (SSSR count). The Morgan fingerprint density at radius 3 is 2.00 bits per heavy atom. The maximum absolute atomic E-state index is 11.1. The molecule has 0 spiro atoms. The monoisotopic (exact) mass is 405 g/mol. The van der Waals surface area contributed by atoms with Gasteiger partial charge in [0, 0.05) is 23.0 Å². The first-order valence-electron chi connectivity index (χ1n) is 8.86. The van der Waals surface area contributed by atoms with Crippen molar-refractivity contribution in [1.82, 2.24) is 9.55 Å². The summed E-state index contributed by atoms with van der Waals surface area (Å²) < 4.78 is 1.64. The molecule has 0 fully saturated rings. The van der Waals surface area contributed by atoms with Crippen molar-refractivity contribution in [3.63, 3.8) is 0 Å². The van der Waals surface area contributed by atoms with Gasteiger partial charge < -0.3 is 0 Å². The van der Waals surface area contributed by atoms with Crippen LogP contribution in [0.3, 0.4) is 0 Å². The Morgan fingerprint density at radius 1 is 0.897 bits per heavy atom. The Hall–Kier alpha value is -3.64. The van der Waals surface area contributed by atoms with Gasteiger partial charge in [0.05, 0.1) is 0 Å². The van der Waals surface area contributed by atoms with Crippen molar-refractivity contribution in [2.45, 2.75) is 5.54 Å². The fraction of sp³-hybridized carbons (Fsp3) is 0.0455. The van der Waals surface area contributed by atoms with E-state index in [2.05, 4.69) is 4.98 Å². The molecule has 0 amide bonds. The van der Waals surface area contributed by atoms with E-state index in [9.17, 15) is 10.1 Å². The first kappa shape index (κ1) is 18.7. The van der Waals surface area contributed by atoms with Crippen LogP contribution in [0, 0.1) is 10.1 Å². The van der Waals surface area contributed by atoms with E-state index in [1.807, 2.05) is 78.9 Å². The van der Waals surface area contributed by atoms with Gasteiger partial charge >= 0.3 is 5.09 Å². The number of benzene rings is 3. The summed E-state index contributed by atoms with van der Waals surface area (Å²) in [7, 11) is 0. The first-order valence-corrected chi connectivity index (χ1v) is 9.24. The molecule has 3 aromatic carbocycles. The summed E-state index contributed by atoms with van der Waals surface area (Å²) in [6.45, 7) is 0. The van der Waals surface area contributed by atoms with E-state index >= 15 is 0 Å². The first-order chi connectivity index (χ1) is 14.1. The number of nitrogens with zero attached hydrogens (tertiary/aromatic N) is 3. The minimum atomic E-state index is -1.04. The molecule has 144 valence electrons. The third kappa shape index (κ3) is 3.23. The zero-order chi connectivity index (χ0) is 20.3. The van der Waals surface area contributed by atoms with Gasteiger partial charge in [-0.1, -0.05) is 90.5 Å². The third-order valence-corrected chi connectivity index (χ3v) is 5.10. The van der Waals surface area contributed by atoms with Gasteiger partial charge in [-0.2, -0.15) is 0 Å². The van der Waals surface area contributed by atoms with E-state index < -0.39 is 10.6 Å². The van der Waals surface area contributed by atoms with E-state index in [0.717, 1.165) is 16.7 Å². The van der Waals surface area contributed by atoms with Crippen molar-refractivity contribution in [3.8, 4) is 6.01 Å². The van der Waals surface area contributed by atoms with E-state index in [1.165, 1.54) is 6.20 Å². The molecule has 0 aliphatic carbocycles. The predicted molar refractivity (Wildman–Crippen MR) is 109 cm³/mol. The van der Waals surface area contributed by atoms with Gasteiger partial charge in [0.2, 0.25) is 0 Å². The standard InChI is InChI=1S/C22H16ClN3O3/c23-20-14-8-7-13-19(20)22(17-9-3-1-4-10-17,18-11-5-2-6-12-18)25-16-15-24-21(25)29-26(27)28/h1-16H. The number of aromatic nitrogens is 2. The zero-order valence-corrected chi connectivity index (χ0v) is 15.9. The number of hydrogen-bond acceptors (Lipinski definition) is 4. The summed E-state index contributed by atoms with van der Waals surface area (Å²) in [5, 5.41) is 10.8. The molecule has 0 radical (unpaired) electrons. The highest BCUT2D eigenvalue weighted by Gasteiger charge is 2.41. The highest BCUT2D eigenvalue weighted by atomic mass is 35.5. The van der Waals surface area contributed by atoms with Crippen molar-refractivity contribution in [2.24, 2.45) is 0 Å². The molecule has 0 saturated carbocycles. The molecule has 0 aliphatic rings. The summed E-state index contributed by atoms with van der Waals surface area (Å²) in [6, 6.07) is 26.5. The molecule has 0 N–H and O–H groups in total. The molecule has 4 aromatic rings. The topological polar surface area (TPSA) is 70.2 Å². The number of halogens is 1. The molecule has 0 saturated heterocycles. The second-order valence-electron chi connectivity index (χ2n) is 6.32. The Kier molecular flexibility index (Phi) is 5.01. The molecule has 7 heteroatoms. The molecule has 0 atom stereocenters. The summed E-state index contributed by atoms with van der Waals surface area (Å²) in [5.74, 6) is 0. The molecule has 29 heavy (non-hydrogen) atoms. The fourth-order valence-corrected chi connectivity index (χ4v) is 3.95. The minimum Gasteiger partial charge on any atom is -0.294 e. The lowest BCUT2D eigenvalue weighted by atomic mass is 9.76.